The number of aromatic nitrogens is 2. The normalized spacial score (nSPS) is 19.8. The maximum absolute atomic E-state index is 5.82. The van der Waals surface area contributed by atoms with Crippen molar-refractivity contribution in [3.8, 4) is 0 Å². The highest BCUT2D eigenvalue weighted by atomic mass is 16.4. The minimum absolute atomic E-state index is 0.670. The van der Waals surface area contributed by atoms with Crippen molar-refractivity contribution in [2.45, 2.75) is 51.6 Å². The fourth-order valence-electron chi connectivity index (χ4n) is 3.10. The minimum atomic E-state index is 0.670. The molecule has 0 radical (unpaired) electrons. The van der Waals surface area contributed by atoms with Crippen LogP contribution in [0.25, 0.3) is 0 Å². The molecule has 2 aromatic rings. The number of hydrogen-bond donors (Lipinski definition) is 0. The van der Waals surface area contributed by atoms with E-state index in [1.54, 1.807) is 0 Å². The smallest absolute Gasteiger partial charge is 0.230 e. The van der Waals surface area contributed by atoms with Crippen molar-refractivity contribution in [2.24, 2.45) is 0 Å². The molecule has 1 aromatic heterocycles. The second-order valence-electron chi connectivity index (χ2n) is 5.78. The Bertz CT molecular complexity index is 552. The van der Waals surface area contributed by atoms with Crippen molar-refractivity contribution >= 4 is 0 Å². The zero-order chi connectivity index (χ0) is 14.5. The molecule has 0 N–H and O–H groups in total. The van der Waals surface area contributed by atoms with Crippen LogP contribution in [0.1, 0.15) is 50.0 Å². The molecule has 21 heavy (non-hydrogen) atoms. The standard InChI is InChI=1S/C17H23N3O/c1-2-15-10-6-7-11-20(15)13-17-19-18-16(21-17)12-14-8-4-3-5-9-14/h3-5,8-9,15H,2,6-7,10-13H2,1H3. The molecule has 1 unspecified atom stereocenters. The van der Waals surface area contributed by atoms with Gasteiger partial charge in [-0.3, -0.25) is 4.90 Å². The van der Waals surface area contributed by atoms with Gasteiger partial charge in [0.2, 0.25) is 11.8 Å². The minimum Gasteiger partial charge on any atom is -0.424 e. The summed E-state index contributed by atoms with van der Waals surface area (Å²) in [7, 11) is 0. The van der Waals surface area contributed by atoms with Crippen LogP contribution < -0.4 is 0 Å². The quantitative estimate of drug-likeness (QED) is 0.844. The van der Waals surface area contributed by atoms with Gasteiger partial charge < -0.3 is 4.42 Å². The lowest BCUT2D eigenvalue weighted by Crippen LogP contribution is -2.38. The molecule has 2 heterocycles. The molecule has 112 valence electrons. The zero-order valence-corrected chi connectivity index (χ0v) is 12.7. The van der Waals surface area contributed by atoms with Crippen LogP contribution in [0, 0.1) is 0 Å². The monoisotopic (exact) mass is 285 g/mol. The first-order valence-electron chi connectivity index (χ1n) is 7.94. The van der Waals surface area contributed by atoms with Crippen molar-refractivity contribution in [1.82, 2.24) is 15.1 Å². The summed E-state index contributed by atoms with van der Waals surface area (Å²) in [6.07, 6.45) is 5.83. The van der Waals surface area contributed by atoms with Gasteiger partial charge in [0.25, 0.3) is 0 Å². The largest absolute Gasteiger partial charge is 0.424 e. The number of piperidine rings is 1. The predicted octanol–water partition coefficient (Wildman–Crippen LogP) is 3.42. The van der Waals surface area contributed by atoms with Gasteiger partial charge in [-0.2, -0.15) is 0 Å². The summed E-state index contributed by atoms with van der Waals surface area (Å²) in [5.74, 6) is 1.46. The molecule has 0 spiro atoms. The Morgan fingerprint density at radius 1 is 1.14 bits per heavy atom. The summed E-state index contributed by atoms with van der Waals surface area (Å²) in [4.78, 5) is 2.49. The summed E-state index contributed by atoms with van der Waals surface area (Å²) < 4.78 is 5.82. The molecule has 0 bridgehead atoms. The molecule has 0 aliphatic carbocycles. The Kier molecular flexibility index (Phi) is 4.65. The molecule has 1 aromatic carbocycles. The average Bonchev–Trinajstić information content (AvgIpc) is 2.96. The summed E-state index contributed by atoms with van der Waals surface area (Å²) in [5.41, 5.74) is 1.21. The Hall–Kier alpha value is -1.68. The van der Waals surface area contributed by atoms with E-state index in [1.165, 1.54) is 31.2 Å². The number of rotatable bonds is 5. The van der Waals surface area contributed by atoms with E-state index in [-0.39, 0.29) is 0 Å². The molecule has 1 atom stereocenters. The number of likely N-dealkylation sites (tertiary alicyclic amines) is 1. The molecule has 1 fully saturated rings. The van der Waals surface area contributed by atoms with Crippen LogP contribution >= 0.6 is 0 Å². The summed E-state index contributed by atoms with van der Waals surface area (Å²) in [6.45, 7) is 4.20. The van der Waals surface area contributed by atoms with Crippen LogP contribution in [-0.4, -0.2) is 27.7 Å². The van der Waals surface area contributed by atoms with Crippen molar-refractivity contribution in [1.29, 1.82) is 0 Å². The van der Waals surface area contributed by atoms with Crippen LogP contribution in [0.3, 0.4) is 0 Å². The van der Waals surface area contributed by atoms with Crippen molar-refractivity contribution in [3.05, 3.63) is 47.7 Å². The van der Waals surface area contributed by atoms with Crippen LogP contribution in [-0.2, 0) is 13.0 Å². The fourth-order valence-corrected chi connectivity index (χ4v) is 3.10. The van der Waals surface area contributed by atoms with Crippen LogP contribution in [0.15, 0.2) is 34.7 Å². The Balaban J connectivity index is 1.62. The summed E-state index contributed by atoms with van der Waals surface area (Å²) in [5, 5.41) is 8.40. The van der Waals surface area contributed by atoms with Gasteiger partial charge in [-0.25, -0.2) is 0 Å². The van der Waals surface area contributed by atoms with E-state index in [2.05, 4.69) is 34.2 Å². The number of hydrogen-bond acceptors (Lipinski definition) is 4. The first-order valence-corrected chi connectivity index (χ1v) is 7.94. The lowest BCUT2D eigenvalue weighted by atomic mass is 10.0. The highest BCUT2D eigenvalue weighted by Crippen LogP contribution is 2.21. The van der Waals surface area contributed by atoms with E-state index in [0.717, 1.165) is 19.0 Å². The van der Waals surface area contributed by atoms with E-state index in [4.69, 9.17) is 4.42 Å². The molecular weight excluding hydrogens is 262 g/mol. The van der Waals surface area contributed by atoms with Gasteiger partial charge in [0.1, 0.15) is 0 Å². The Morgan fingerprint density at radius 2 is 1.95 bits per heavy atom. The van der Waals surface area contributed by atoms with Crippen molar-refractivity contribution in [3.63, 3.8) is 0 Å². The second kappa shape index (κ2) is 6.85. The Morgan fingerprint density at radius 3 is 2.76 bits per heavy atom. The van der Waals surface area contributed by atoms with E-state index in [1.807, 2.05) is 18.2 Å². The van der Waals surface area contributed by atoms with Crippen LogP contribution in [0.4, 0.5) is 0 Å². The molecule has 1 saturated heterocycles. The molecule has 1 aliphatic rings. The fraction of sp³-hybridized carbons (Fsp3) is 0.529. The summed E-state index contributed by atoms with van der Waals surface area (Å²) >= 11 is 0. The molecule has 0 saturated carbocycles. The van der Waals surface area contributed by atoms with E-state index in [0.29, 0.717) is 18.4 Å². The van der Waals surface area contributed by atoms with Gasteiger partial charge in [0, 0.05) is 6.04 Å². The zero-order valence-electron chi connectivity index (χ0n) is 12.7. The maximum atomic E-state index is 5.82. The first kappa shape index (κ1) is 14.3. The molecule has 1 aliphatic heterocycles. The lowest BCUT2D eigenvalue weighted by Gasteiger charge is -2.33. The van der Waals surface area contributed by atoms with E-state index in [9.17, 15) is 0 Å². The predicted molar refractivity (Wildman–Crippen MR) is 81.9 cm³/mol. The van der Waals surface area contributed by atoms with Gasteiger partial charge in [-0.05, 0) is 31.4 Å². The third kappa shape index (κ3) is 3.70. The topological polar surface area (TPSA) is 42.2 Å². The van der Waals surface area contributed by atoms with Gasteiger partial charge in [0.15, 0.2) is 0 Å². The third-order valence-corrected chi connectivity index (χ3v) is 4.27. The lowest BCUT2D eigenvalue weighted by molar-refractivity contribution is 0.123. The van der Waals surface area contributed by atoms with Crippen LogP contribution in [0.2, 0.25) is 0 Å². The number of benzene rings is 1. The SMILES string of the molecule is CCC1CCCCN1Cc1nnc(Cc2ccccc2)o1. The molecule has 0 amide bonds. The molecule has 3 rings (SSSR count). The molecule has 4 nitrogen and oxygen atoms in total. The van der Waals surface area contributed by atoms with Gasteiger partial charge in [-0.1, -0.05) is 43.7 Å². The first-order chi connectivity index (χ1) is 10.3. The van der Waals surface area contributed by atoms with Gasteiger partial charge >= 0.3 is 0 Å². The third-order valence-electron chi connectivity index (χ3n) is 4.27. The molecular formula is C17H23N3O. The van der Waals surface area contributed by atoms with Crippen molar-refractivity contribution in [2.75, 3.05) is 6.54 Å². The second-order valence-corrected chi connectivity index (χ2v) is 5.78. The molecule has 4 heteroatoms. The van der Waals surface area contributed by atoms with Crippen molar-refractivity contribution < 1.29 is 4.42 Å². The Labute approximate surface area is 126 Å². The van der Waals surface area contributed by atoms with Crippen LogP contribution in [0.5, 0.6) is 0 Å². The van der Waals surface area contributed by atoms with Gasteiger partial charge in [-0.15, -0.1) is 10.2 Å². The van der Waals surface area contributed by atoms with E-state index >= 15 is 0 Å². The maximum Gasteiger partial charge on any atom is 0.230 e. The number of nitrogens with zero attached hydrogens (tertiary/aromatic N) is 3. The van der Waals surface area contributed by atoms with Gasteiger partial charge in [0.05, 0.1) is 13.0 Å². The highest BCUT2D eigenvalue weighted by molar-refractivity contribution is 5.17. The highest BCUT2D eigenvalue weighted by Gasteiger charge is 2.22. The summed E-state index contributed by atoms with van der Waals surface area (Å²) in [6, 6.07) is 10.9. The van der Waals surface area contributed by atoms with E-state index < -0.39 is 0 Å². The average molecular weight is 285 g/mol.